The molecule has 0 bridgehead atoms. The van der Waals surface area contributed by atoms with Gasteiger partial charge in [0.15, 0.2) is 0 Å². The van der Waals surface area contributed by atoms with Crippen LogP contribution in [0.5, 0.6) is 0 Å². The van der Waals surface area contributed by atoms with Gasteiger partial charge in [0.2, 0.25) is 0 Å². The second-order valence-corrected chi connectivity index (χ2v) is 7.29. The Morgan fingerprint density at radius 2 is 2.08 bits per heavy atom. The minimum Gasteiger partial charge on any atom is -0.466 e. The van der Waals surface area contributed by atoms with E-state index in [1.807, 2.05) is 37.1 Å². The number of aromatic nitrogens is 2. The highest BCUT2D eigenvalue weighted by Crippen LogP contribution is 2.25. The second-order valence-electron chi connectivity index (χ2n) is 7.29. The van der Waals surface area contributed by atoms with E-state index < -0.39 is 0 Å². The van der Waals surface area contributed by atoms with E-state index in [9.17, 15) is 4.79 Å². The van der Waals surface area contributed by atoms with Crippen molar-refractivity contribution < 1.29 is 9.21 Å². The number of furan rings is 1. The molecule has 1 saturated heterocycles. The summed E-state index contributed by atoms with van der Waals surface area (Å²) in [6, 6.07) is 4.09. The van der Waals surface area contributed by atoms with Gasteiger partial charge in [-0.3, -0.25) is 9.48 Å². The molecule has 0 spiro atoms. The Hall–Kier alpha value is -2.08. The lowest BCUT2D eigenvalue weighted by molar-refractivity contribution is 0.0629. The minimum atomic E-state index is 0.0606. The normalized spacial score (nSPS) is 21.4. The summed E-state index contributed by atoms with van der Waals surface area (Å²) >= 11 is 0. The average molecular weight is 342 g/mol. The van der Waals surface area contributed by atoms with Gasteiger partial charge in [-0.2, -0.15) is 5.10 Å². The highest BCUT2D eigenvalue weighted by atomic mass is 16.3. The fourth-order valence-electron chi connectivity index (χ4n) is 4.13. The molecule has 0 aliphatic carbocycles. The highest BCUT2D eigenvalue weighted by molar-refractivity contribution is 5.95. The molecular formula is C19H26N4O2. The molecule has 1 unspecified atom stereocenters. The van der Waals surface area contributed by atoms with Crippen molar-refractivity contribution in [1.82, 2.24) is 19.6 Å². The van der Waals surface area contributed by atoms with E-state index in [1.54, 1.807) is 0 Å². The zero-order chi connectivity index (χ0) is 17.4. The molecule has 25 heavy (non-hydrogen) atoms. The molecule has 0 aromatic carbocycles. The average Bonchev–Trinajstić information content (AvgIpc) is 3.21. The Kier molecular flexibility index (Phi) is 4.37. The van der Waals surface area contributed by atoms with Crippen molar-refractivity contribution in [1.29, 1.82) is 0 Å². The van der Waals surface area contributed by atoms with Crippen LogP contribution in [0.3, 0.4) is 0 Å². The van der Waals surface area contributed by atoms with Crippen LogP contribution < -0.4 is 0 Å². The van der Waals surface area contributed by atoms with Crippen molar-refractivity contribution in [3.8, 4) is 0 Å². The Morgan fingerprint density at radius 1 is 1.28 bits per heavy atom. The summed E-state index contributed by atoms with van der Waals surface area (Å²) in [5, 5.41) is 4.53. The molecule has 4 heterocycles. The maximum absolute atomic E-state index is 13.0. The van der Waals surface area contributed by atoms with Crippen molar-refractivity contribution >= 4 is 5.91 Å². The first-order chi connectivity index (χ1) is 12.1. The molecule has 1 fully saturated rings. The predicted octanol–water partition coefficient (Wildman–Crippen LogP) is 2.78. The molecule has 2 aromatic rings. The van der Waals surface area contributed by atoms with E-state index in [0.29, 0.717) is 24.4 Å². The standard InChI is InChI=1S/C19H26N4O2/c1-14-10-18(15(2)25-14)19(24)22-12-16-6-7-20-23(16)17(13-22)11-21-8-4-3-5-9-21/h6-7,10,17H,3-5,8-9,11-13H2,1-2H3. The number of carbonyl (C=O) groups excluding carboxylic acids is 1. The summed E-state index contributed by atoms with van der Waals surface area (Å²) in [4.78, 5) is 17.5. The second kappa shape index (κ2) is 6.67. The van der Waals surface area contributed by atoms with Crippen LogP contribution >= 0.6 is 0 Å². The van der Waals surface area contributed by atoms with Gasteiger partial charge in [-0.1, -0.05) is 6.42 Å². The van der Waals surface area contributed by atoms with E-state index in [1.165, 1.54) is 19.3 Å². The zero-order valence-electron chi connectivity index (χ0n) is 15.1. The van der Waals surface area contributed by atoms with Gasteiger partial charge in [0.25, 0.3) is 5.91 Å². The lowest BCUT2D eigenvalue weighted by Crippen LogP contribution is -2.46. The number of nitrogens with zero attached hydrogens (tertiary/aromatic N) is 4. The van der Waals surface area contributed by atoms with Gasteiger partial charge in [-0.25, -0.2) is 0 Å². The quantitative estimate of drug-likeness (QED) is 0.861. The first kappa shape index (κ1) is 16.4. The molecule has 0 saturated carbocycles. The van der Waals surface area contributed by atoms with Crippen molar-refractivity contribution in [2.75, 3.05) is 26.2 Å². The highest BCUT2D eigenvalue weighted by Gasteiger charge is 2.31. The molecule has 6 heteroatoms. The van der Waals surface area contributed by atoms with E-state index in [-0.39, 0.29) is 11.9 Å². The van der Waals surface area contributed by atoms with Gasteiger partial charge < -0.3 is 14.2 Å². The molecular weight excluding hydrogens is 316 g/mol. The van der Waals surface area contributed by atoms with Crippen LogP contribution in [0.15, 0.2) is 22.7 Å². The molecule has 1 amide bonds. The van der Waals surface area contributed by atoms with Gasteiger partial charge in [-0.05, 0) is 51.9 Å². The van der Waals surface area contributed by atoms with Gasteiger partial charge in [0.05, 0.1) is 23.8 Å². The molecule has 2 aliphatic heterocycles. The van der Waals surface area contributed by atoms with Crippen molar-refractivity contribution in [3.63, 3.8) is 0 Å². The summed E-state index contributed by atoms with van der Waals surface area (Å²) in [5.74, 6) is 1.55. The lowest BCUT2D eigenvalue weighted by atomic mass is 10.1. The summed E-state index contributed by atoms with van der Waals surface area (Å²) in [6.45, 7) is 8.32. The minimum absolute atomic E-state index is 0.0606. The first-order valence-electron chi connectivity index (χ1n) is 9.23. The van der Waals surface area contributed by atoms with Crippen molar-refractivity contribution in [3.05, 3.63) is 41.1 Å². The van der Waals surface area contributed by atoms with Crippen LogP contribution in [0.2, 0.25) is 0 Å². The fourth-order valence-corrected chi connectivity index (χ4v) is 4.13. The largest absolute Gasteiger partial charge is 0.466 e. The summed E-state index contributed by atoms with van der Waals surface area (Å²) in [7, 11) is 0. The molecule has 2 aliphatic rings. The Labute approximate surface area is 148 Å². The smallest absolute Gasteiger partial charge is 0.257 e. The molecule has 4 rings (SSSR count). The third-order valence-corrected chi connectivity index (χ3v) is 5.36. The van der Waals surface area contributed by atoms with E-state index >= 15 is 0 Å². The van der Waals surface area contributed by atoms with E-state index in [0.717, 1.165) is 31.1 Å². The molecule has 1 atom stereocenters. The van der Waals surface area contributed by atoms with Gasteiger partial charge in [0.1, 0.15) is 11.5 Å². The van der Waals surface area contributed by atoms with Crippen LogP contribution in [0.1, 0.15) is 52.9 Å². The summed E-state index contributed by atoms with van der Waals surface area (Å²) in [6.07, 6.45) is 5.72. The van der Waals surface area contributed by atoms with E-state index in [4.69, 9.17) is 4.42 Å². The number of hydrogen-bond donors (Lipinski definition) is 0. The Bertz CT molecular complexity index is 757. The van der Waals surface area contributed by atoms with Crippen molar-refractivity contribution in [2.24, 2.45) is 0 Å². The van der Waals surface area contributed by atoms with Crippen LogP contribution in [0, 0.1) is 13.8 Å². The SMILES string of the molecule is Cc1cc(C(=O)N2Cc3ccnn3C(CN3CCCCC3)C2)c(C)o1. The Morgan fingerprint density at radius 3 is 2.80 bits per heavy atom. The summed E-state index contributed by atoms with van der Waals surface area (Å²) < 4.78 is 7.67. The van der Waals surface area contributed by atoms with Crippen molar-refractivity contribution in [2.45, 2.75) is 45.7 Å². The van der Waals surface area contributed by atoms with Gasteiger partial charge in [0, 0.05) is 19.3 Å². The Balaban J connectivity index is 1.55. The lowest BCUT2D eigenvalue weighted by Gasteiger charge is -2.37. The molecule has 2 aromatic heterocycles. The van der Waals surface area contributed by atoms with Crippen LogP contribution in [-0.2, 0) is 6.54 Å². The van der Waals surface area contributed by atoms with Crippen LogP contribution in [0.4, 0.5) is 0 Å². The van der Waals surface area contributed by atoms with E-state index in [2.05, 4.69) is 14.7 Å². The maximum Gasteiger partial charge on any atom is 0.257 e. The summed E-state index contributed by atoms with van der Waals surface area (Å²) in [5.41, 5.74) is 1.79. The fraction of sp³-hybridized carbons (Fsp3) is 0.579. The maximum atomic E-state index is 13.0. The zero-order valence-corrected chi connectivity index (χ0v) is 15.1. The number of likely N-dealkylation sites (tertiary alicyclic amines) is 1. The third kappa shape index (κ3) is 3.23. The number of piperidine rings is 1. The number of carbonyl (C=O) groups is 1. The number of hydrogen-bond acceptors (Lipinski definition) is 4. The number of amides is 1. The molecule has 134 valence electrons. The molecule has 0 N–H and O–H groups in total. The third-order valence-electron chi connectivity index (χ3n) is 5.36. The number of fused-ring (bicyclic) bond motifs is 1. The van der Waals surface area contributed by atoms with Crippen LogP contribution in [-0.4, -0.2) is 51.7 Å². The predicted molar refractivity (Wildman–Crippen MR) is 94.5 cm³/mol. The van der Waals surface area contributed by atoms with Crippen LogP contribution in [0.25, 0.3) is 0 Å². The molecule has 0 radical (unpaired) electrons. The molecule has 6 nitrogen and oxygen atoms in total. The number of aryl methyl sites for hydroxylation is 2. The van der Waals surface area contributed by atoms with Gasteiger partial charge >= 0.3 is 0 Å². The number of rotatable bonds is 3. The van der Waals surface area contributed by atoms with Gasteiger partial charge in [-0.15, -0.1) is 0 Å². The topological polar surface area (TPSA) is 54.5 Å². The monoisotopic (exact) mass is 342 g/mol. The first-order valence-corrected chi connectivity index (χ1v) is 9.23.